The van der Waals surface area contributed by atoms with Crippen molar-refractivity contribution in [3.8, 4) is 16.9 Å². The van der Waals surface area contributed by atoms with Gasteiger partial charge in [0, 0.05) is 36.3 Å². The molecule has 2 heterocycles. The topological polar surface area (TPSA) is 136 Å². The van der Waals surface area contributed by atoms with Crippen LogP contribution in [-0.4, -0.2) is 46.7 Å². The van der Waals surface area contributed by atoms with Gasteiger partial charge in [-0.2, -0.15) is 4.98 Å². The van der Waals surface area contributed by atoms with E-state index in [-0.39, 0.29) is 11.0 Å². The zero-order valence-corrected chi connectivity index (χ0v) is 24.5. The molecular formula is C31H37ClFN7O2. The first-order valence-corrected chi connectivity index (χ1v) is 14.7. The number of guanidine groups is 1. The Kier molecular flexibility index (Phi) is 9.56. The minimum absolute atomic E-state index is 0.0722. The first-order chi connectivity index (χ1) is 20.3. The molecule has 4 aromatic rings. The number of fused-ring (bicyclic) bond motifs is 1. The molecule has 5 rings (SSSR count). The maximum Gasteiger partial charge on any atom is 0.354 e. The highest BCUT2D eigenvalue weighted by molar-refractivity contribution is 6.31. The van der Waals surface area contributed by atoms with Gasteiger partial charge in [-0.25, -0.2) is 9.18 Å². The van der Waals surface area contributed by atoms with E-state index in [1.165, 1.54) is 17.4 Å². The zero-order valence-electron chi connectivity index (χ0n) is 23.7. The van der Waals surface area contributed by atoms with Gasteiger partial charge in [0.25, 0.3) is 0 Å². The quantitative estimate of drug-likeness (QED) is 0.0952. The smallest absolute Gasteiger partial charge is 0.354 e. The Bertz CT molecular complexity index is 1610. The van der Waals surface area contributed by atoms with E-state index in [2.05, 4.69) is 20.3 Å². The number of ether oxygens (including phenoxy) is 1. The number of rotatable bonds is 14. The molecule has 0 bridgehead atoms. The molecule has 9 nitrogen and oxygen atoms in total. The number of nitrogens with two attached hydrogens (primary N) is 2. The van der Waals surface area contributed by atoms with Gasteiger partial charge >= 0.3 is 5.69 Å². The van der Waals surface area contributed by atoms with Crippen LogP contribution in [-0.2, 0) is 17.8 Å². The van der Waals surface area contributed by atoms with Crippen LogP contribution in [0.4, 0.5) is 4.39 Å². The van der Waals surface area contributed by atoms with E-state index in [1.54, 1.807) is 18.3 Å². The van der Waals surface area contributed by atoms with E-state index >= 15 is 4.39 Å². The molecule has 1 aliphatic rings. The van der Waals surface area contributed by atoms with E-state index in [0.717, 1.165) is 36.3 Å². The molecule has 11 heteroatoms. The number of benzene rings is 2. The van der Waals surface area contributed by atoms with Gasteiger partial charge in [-0.05, 0) is 92.9 Å². The van der Waals surface area contributed by atoms with Gasteiger partial charge < -0.3 is 26.5 Å². The van der Waals surface area contributed by atoms with Gasteiger partial charge in [0.2, 0.25) is 0 Å². The van der Waals surface area contributed by atoms with Crippen molar-refractivity contribution >= 4 is 28.6 Å². The monoisotopic (exact) mass is 593 g/mol. The third-order valence-corrected chi connectivity index (χ3v) is 7.93. The average Bonchev–Trinajstić information content (AvgIpc) is 3.73. The fourth-order valence-corrected chi connectivity index (χ4v) is 5.51. The van der Waals surface area contributed by atoms with Gasteiger partial charge in [-0.3, -0.25) is 9.56 Å². The SMILES string of the molecule is CNC(CCCc1cc(Cl)c(F)c(-c2cc3cn(-c4ccc(COCCCN=C(N)N)cc4)c(=O)nc3[nH]2)c1)C1CC1. The lowest BCUT2D eigenvalue weighted by Gasteiger charge is -2.15. The number of aryl methyl sites for hydroxylation is 1. The molecule has 0 spiro atoms. The van der Waals surface area contributed by atoms with Crippen LogP contribution in [0.3, 0.4) is 0 Å². The molecule has 1 saturated carbocycles. The number of aromatic nitrogens is 3. The van der Waals surface area contributed by atoms with Crippen molar-refractivity contribution in [2.24, 2.45) is 22.4 Å². The summed E-state index contributed by atoms with van der Waals surface area (Å²) in [5, 5.41) is 4.19. The number of hydrogen-bond acceptors (Lipinski definition) is 5. The molecule has 0 radical (unpaired) electrons. The second kappa shape index (κ2) is 13.5. The summed E-state index contributed by atoms with van der Waals surface area (Å²) < 4.78 is 22.3. The number of aliphatic imine (C=N–C) groups is 1. The fraction of sp³-hybridized carbons (Fsp3) is 0.387. The standard InChI is InChI=1S/C31H37ClFN7O2/c1-36-26(21-8-9-21)5-2-4-20-14-24(28(33)25(32)15-20)27-16-22-17-40(31(41)39-29(22)38-27)23-10-6-19(7-11-23)18-42-13-3-12-37-30(34)35/h6-7,10-11,14-17,21,26,36H,2-5,8-9,12-13,18H2,1H3,(H4,34,35,37)(H,38,39,41). The van der Waals surface area contributed by atoms with Gasteiger partial charge in [0.05, 0.1) is 23.0 Å². The molecule has 1 atom stereocenters. The van der Waals surface area contributed by atoms with E-state index in [9.17, 15) is 4.79 Å². The summed E-state index contributed by atoms with van der Waals surface area (Å²) in [4.78, 5) is 24.2. The molecule has 1 unspecified atom stereocenters. The maximum absolute atomic E-state index is 15.2. The number of H-pyrrole nitrogens is 1. The molecule has 1 fully saturated rings. The van der Waals surface area contributed by atoms with Crippen molar-refractivity contribution in [1.82, 2.24) is 19.9 Å². The van der Waals surface area contributed by atoms with Gasteiger partial charge in [-0.15, -0.1) is 0 Å². The normalized spacial score (nSPS) is 13.9. The number of aromatic amines is 1. The Morgan fingerprint density at radius 1 is 1.21 bits per heavy atom. The lowest BCUT2D eigenvalue weighted by Crippen LogP contribution is -2.27. The third kappa shape index (κ3) is 7.36. The largest absolute Gasteiger partial charge is 0.377 e. The van der Waals surface area contributed by atoms with Gasteiger partial charge in [0.15, 0.2) is 11.8 Å². The minimum Gasteiger partial charge on any atom is -0.377 e. The second-order valence-electron chi connectivity index (χ2n) is 10.8. The van der Waals surface area contributed by atoms with Crippen molar-refractivity contribution in [2.75, 3.05) is 20.2 Å². The highest BCUT2D eigenvalue weighted by atomic mass is 35.5. The molecule has 42 heavy (non-hydrogen) atoms. The first-order valence-electron chi connectivity index (χ1n) is 14.3. The van der Waals surface area contributed by atoms with Crippen molar-refractivity contribution in [2.45, 2.75) is 51.2 Å². The molecule has 222 valence electrons. The molecule has 1 aliphatic carbocycles. The van der Waals surface area contributed by atoms with Crippen LogP contribution in [0.5, 0.6) is 0 Å². The van der Waals surface area contributed by atoms with Crippen molar-refractivity contribution in [3.63, 3.8) is 0 Å². The van der Waals surface area contributed by atoms with E-state index in [1.807, 2.05) is 37.4 Å². The van der Waals surface area contributed by atoms with E-state index in [4.69, 9.17) is 27.8 Å². The number of nitrogens with zero attached hydrogens (tertiary/aromatic N) is 3. The zero-order chi connectivity index (χ0) is 29.6. The number of halogens is 2. The van der Waals surface area contributed by atoms with Crippen molar-refractivity contribution < 1.29 is 9.13 Å². The summed E-state index contributed by atoms with van der Waals surface area (Å²) in [5.74, 6) is 0.353. The predicted octanol–water partition coefficient (Wildman–Crippen LogP) is 4.67. The Balaban J connectivity index is 1.29. The summed E-state index contributed by atoms with van der Waals surface area (Å²) in [6.07, 6.45) is 7.87. The van der Waals surface area contributed by atoms with Crippen LogP contribution in [0.2, 0.25) is 5.02 Å². The van der Waals surface area contributed by atoms with Gasteiger partial charge in [-0.1, -0.05) is 23.7 Å². The maximum atomic E-state index is 15.2. The number of nitrogens with one attached hydrogen (secondary N) is 2. The van der Waals surface area contributed by atoms with Crippen molar-refractivity contribution in [1.29, 1.82) is 0 Å². The second-order valence-corrected chi connectivity index (χ2v) is 11.2. The summed E-state index contributed by atoms with van der Waals surface area (Å²) >= 11 is 6.31. The van der Waals surface area contributed by atoms with Crippen LogP contribution in [0.25, 0.3) is 28.0 Å². The lowest BCUT2D eigenvalue weighted by atomic mass is 9.99. The highest BCUT2D eigenvalue weighted by Gasteiger charge is 2.29. The minimum atomic E-state index is -0.498. The van der Waals surface area contributed by atoms with Crippen LogP contribution < -0.4 is 22.5 Å². The van der Waals surface area contributed by atoms with Crippen molar-refractivity contribution in [3.05, 3.63) is 81.1 Å². The Morgan fingerprint density at radius 3 is 2.71 bits per heavy atom. The molecule has 0 amide bonds. The first kappa shape index (κ1) is 29.8. The average molecular weight is 594 g/mol. The molecule has 2 aromatic carbocycles. The van der Waals surface area contributed by atoms with Crippen LogP contribution in [0.15, 0.2) is 58.4 Å². The van der Waals surface area contributed by atoms with Gasteiger partial charge in [0.1, 0.15) is 5.65 Å². The Labute approximate surface area is 249 Å². The van der Waals surface area contributed by atoms with Crippen LogP contribution in [0.1, 0.15) is 43.2 Å². The van der Waals surface area contributed by atoms with E-state index < -0.39 is 11.5 Å². The third-order valence-electron chi connectivity index (χ3n) is 7.65. The molecular weight excluding hydrogens is 557 g/mol. The molecule has 6 N–H and O–H groups in total. The summed E-state index contributed by atoms with van der Waals surface area (Å²) in [7, 11) is 2.02. The lowest BCUT2D eigenvalue weighted by molar-refractivity contribution is 0.120. The van der Waals surface area contributed by atoms with Crippen LogP contribution in [0, 0.1) is 11.7 Å². The highest BCUT2D eigenvalue weighted by Crippen LogP contribution is 2.35. The summed E-state index contributed by atoms with van der Waals surface area (Å²) in [6.45, 7) is 1.48. The van der Waals surface area contributed by atoms with E-state index in [0.29, 0.717) is 60.2 Å². The Hall–Kier alpha value is -3.73. The molecule has 0 aliphatic heterocycles. The molecule has 2 aromatic heterocycles. The van der Waals surface area contributed by atoms with Crippen LogP contribution >= 0.6 is 11.6 Å². The summed E-state index contributed by atoms with van der Waals surface area (Å²) in [5.41, 5.74) is 14.1. The predicted molar refractivity (Wildman–Crippen MR) is 166 cm³/mol. The Morgan fingerprint density at radius 2 is 2.00 bits per heavy atom. The summed E-state index contributed by atoms with van der Waals surface area (Å²) in [6, 6.07) is 13.4. The fourth-order valence-electron chi connectivity index (χ4n) is 5.27. The molecule has 0 saturated heterocycles. The number of hydrogen-bond donors (Lipinski definition) is 4.